The molecule has 3 heterocycles. The molecule has 1 aliphatic heterocycles. The highest BCUT2D eigenvalue weighted by Gasteiger charge is 2.22. The predicted molar refractivity (Wildman–Crippen MR) is 91.2 cm³/mol. The van der Waals surface area contributed by atoms with Gasteiger partial charge in [0.25, 0.3) is 0 Å². The molecule has 1 atom stereocenters. The van der Waals surface area contributed by atoms with Gasteiger partial charge >= 0.3 is 0 Å². The summed E-state index contributed by atoms with van der Waals surface area (Å²) in [5.41, 5.74) is 2.19. The number of carbonyl (C=O) groups is 1. The molecule has 0 aliphatic carbocycles. The second kappa shape index (κ2) is 7.17. The molecule has 1 aliphatic rings. The molecule has 3 rings (SSSR count). The maximum absolute atomic E-state index is 12.4. The van der Waals surface area contributed by atoms with Crippen molar-refractivity contribution in [2.45, 2.75) is 45.8 Å². The Bertz CT molecular complexity index is 678. The summed E-state index contributed by atoms with van der Waals surface area (Å²) in [7, 11) is 1.95. The average molecular weight is 330 g/mol. The van der Waals surface area contributed by atoms with E-state index in [1.54, 1.807) is 6.20 Å². The third-order valence-corrected chi connectivity index (χ3v) is 4.45. The van der Waals surface area contributed by atoms with E-state index in [2.05, 4.69) is 40.6 Å². The Hall–Kier alpha value is -2.15. The van der Waals surface area contributed by atoms with Crippen LogP contribution in [0.2, 0.25) is 0 Å². The fraction of sp³-hybridized carbons (Fsp3) is 0.588. The van der Waals surface area contributed by atoms with E-state index in [1.165, 1.54) is 5.69 Å². The van der Waals surface area contributed by atoms with Gasteiger partial charge in [0.1, 0.15) is 5.82 Å². The van der Waals surface area contributed by atoms with Crippen molar-refractivity contribution in [1.29, 1.82) is 0 Å². The van der Waals surface area contributed by atoms with Crippen molar-refractivity contribution in [1.82, 2.24) is 30.0 Å². The molecule has 0 radical (unpaired) electrons. The molecule has 0 saturated carbocycles. The number of amides is 1. The summed E-state index contributed by atoms with van der Waals surface area (Å²) in [5.74, 6) is 1.21. The van der Waals surface area contributed by atoms with Gasteiger partial charge in [-0.2, -0.15) is 5.10 Å². The summed E-state index contributed by atoms with van der Waals surface area (Å²) in [4.78, 5) is 16.8. The number of hydrogen-bond donors (Lipinski definition) is 2. The van der Waals surface area contributed by atoms with Gasteiger partial charge in [-0.05, 0) is 12.0 Å². The first kappa shape index (κ1) is 16.7. The number of nitrogens with zero attached hydrogens (tertiary/aromatic N) is 4. The number of aromatic nitrogens is 4. The van der Waals surface area contributed by atoms with Gasteiger partial charge in [-0.25, -0.2) is 4.98 Å². The van der Waals surface area contributed by atoms with Gasteiger partial charge in [0, 0.05) is 45.4 Å². The number of imidazole rings is 1. The van der Waals surface area contributed by atoms with Gasteiger partial charge in [0.05, 0.1) is 24.0 Å². The lowest BCUT2D eigenvalue weighted by Crippen LogP contribution is -2.33. The molecule has 0 fully saturated rings. The molecule has 0 bridgehead atoms. The minimum absolute atomic E-state index is 0.0424. The number of nitrogens with one attached hydrogen (secondary N) is 2. The van der Waals surface area contributed by atoms with E-state index in [0.29, 0.717) is 12.8 Å². The molecule has 1 amide bonds. The van der Waals surface area contributed by atoms with E-state index in [1.807, 2.05) is 22.5 Å². The van der Waals surface area contributed by atoms with E-state index in [9.17, 15) is 4.79 Å². The zero-order valence-corrected chi connectivity index (χ0v) is 14.6. The van der Waals surface area contributed by atoms with Crippen LogP contribution in [0.15, 0.2) is 18.5 Å². The molecule has 2 N–H and O–H groups in total. The molecule has 24 heavy (non-hydrogen) atoms. The molecule has 7 heteroatoms. The summed E-state index contributed by atoms with van der Waals surface area (Å²) >= 11 is 0. The predicted octanol–water partition coefficient (Wildman–Crippen LogP) is 1.17. The summed E-state index contributed by atoms with van der Waals surface area (Å²) < 4.78 is 4.00. The lowest BCUT2D eigenvalue weighted by atomic mass is 10.0. The van der Waals surface area contributed by atoms with Crippen LogP contribution in [0, 0.1) is 5.92 Å². The molecule has 0 saturated heterocycles. The van der Waals surface area contributed by atoms with Crippen LogP contribution in [-0.2, 0) is 31.4 Å². The number of aryl methyl sites for hydroxylation is 2. The molecule has 0 spiro atoms. The minimum Gasteiger partial charge on any atom is -0.346 e. The van der Waals surface area contributed by atoms with Crippen LogP contribution in [-0.4, -0.2) is 31.8 Å². The highest BCUT2D eigenvalue weighted by molar-refractivity contribution is 5.76. The van der Waals surface area contributed by atoms with E-state index >= 15 is 0 Å². The van der Waals surface area contributed by atoms with Gasteiger partial charge in [-0.1, -0.05) is 13.8 Å². The minimum atomic E-state index is -0.0723. The van der Waals surface area contributed by atoms with Crippen molar-refractivity contribution in [2.24, 2.45) is 13.0 Å². The topological polar surface area (TPSA) is 76.8 Å². The van der Waals surface area contributed by atoms with Crippen molar-refractivity contribution in [3.05, 3.63) is 35.7 Å². The van der Waals surface area contributed by atoms with Crippen LogP contribution in [0.4, 0.5) is 0 Å². The van der Waals surface area contributed by atoms with Gasteiger partial charge in [-0.3, -0.25) is 9.48 Å². The van der Waals surface area contributed by atoms with Crippen LogP contribution in [0.1, 0.15) is 43.5 Å². The fourth-order valence-corrected chi connectivity index (χ4v) is 3.07. The number of hydrogen-bond acceptors (Lipinski definition) is 4. The third kappa shape index (κ3) is 3.67. The zero-order valence-electron chi connectivity index (χ0n) is 14.6. The number of rotatable bonds is 6. The second-order valence-corrected chi connectivity index (χ2v) is 6.71. The molecular weight excluding hydrogens is 304 g/mol. The van der Waals surface area contributed by atoms with E-state index < -0.39 is 0 Å². The van der Waals surface area contributed by atoms with Gasteiger partial charge in [-0.15, -0.1) is 0 Å². The highest BCUT2D eigenvalue weighted by atomic mass is 16.1. The summed E-state index contributed by atoms with van der Waals surface area (Å²) in [6.07, 6.45) is 4.77. The average Bonchev–Trinajstić information content (AvgIpc) is 3.16. The van der Waals surface area contributed by atoms with Crippen molar-refractivity contribution >= 4 is 5.91 Å². The number of fused-ring (bicyclic) bond motifs is 1. The van der Waals surface area contributed by atoms with Gasteiger partial charge < -0.3 is 15.2 Å². The molecule has 7 nitrogen and oxygen atoms in total. The first-order chi connectivity index (χ1) is 11.5. The third-order valence-electron chi connectivity index (χ3n) is 4.45. The largest absolute Gasteiger partial charge is 0.346 e. The zero-order chi connectivity index (χ0) is 17.1. The molecule has 0 aromatic carbocycles. The molecule has 0 unspecified atom stereocenters. The molecule has 2 aromatic heterocycles. The Labute approximate surface area is 142 Å². The molecular formula is C17H26N6O. The second-order valence-electron chi connectivity index (χ2n) is 6.71. The molecule has 130 valence electrons. The Morgan fingerprint density at radius 2 is 2.29 bits per heavy atom. The Balaban J connectivity index is 1.58. The lowest BCUT2D eigenvalue weighted by Gasteiger charge is -2.22. The van der Waals surface area contributed by atoms with Crippen LogP contribution in [0.3, 0.4) is 0 Å². The van der Waals surface area contributed by atoms with Crippen molar-refractivity contribution in [2.75, 3.05) is 6.54 Å². The van der Waals surface area contributed by atoms with E-state index in [0.717, 1.165) is 31.2 Å². The van der Waals surface area contributed by atoms with E-state index in [4.69, 9.17) is 0 Å². The van der Waals surface area contributed by atoms with E-state index in [-0.39, 0.29) is 17.9 Å². The Kier molecular flexibility index (Phi) is 4.99. The summed E-state index contributed by atoms with van der Waals surface area (Å²) in [6.45, 7) is 6.89. The monoisotopic (exact) mass is 330 g/mol. The Morgan fingerprint density at radius 1 is 1.46 bits per heavy atom. The van der Waals surface area contributed by atoms with Crippen molar-refractivity contribution in [3.8, 4) is 0 Å². The lowest BCUT2D eigenvalue weighted by molar-refractivity contribution is -0.122. The van der Waals surface area contributed by atoms with Crippen molar-refractivity contribution in [3.63, 3.8) is 0 Å². The quantitative estimate of drug-likeness (QED) is 0.833. The van der Waals surface area contributed by atoms with Crippen LogP contribution >= 0.6 is 0 Å². The maximum Gasteiger partial charge on any atom is 0.220 e. The van der Waals surface area contributed by atoms with Crippen molar-refractivity contribution < 1.29 is 4.79 Å². The maximum atomic E-state index is 12.4. The smallest absolute Gasteiger partial charge is 0.220 e. The fourth-order valence-electron chi connectivity index (χ4n) is 3.07. The van der Waals surface area contributed by atoms with Gasteiger partial charge in [0.2, 0.25) is 5.91 Å². The first-order valence-corrected chi connectivity index (χ1v) is 8.57. The first-order valence-electron chi connectivity index (χ1n) is 8.57. The standard InChI is InChI=1S/C17H26N6O/c1-12(2)16(17-19-7-8-22(17)3)20-15(24)5-4-13-10-14-11-18-6-9-23(14)21-13/h7-8,10,12,16,18H,4-6,9,11H2,1-3H3,(H,20,24)/t16-/m1/s1. The molecule has 2 aromatic rings. The Morgan fingerprint density at radius 3 is 2.96 bits per heavy atom. The SMILES string of the molecule is CC(C)[C@@H](NC(=O)CCc1cc2n(n1)CCNC2)c1nccn1C. The van der Waals surface area contributed by atoms with Crippen LogP contribution < -0.4 is 10.6 Å². The van der Waals surface area contributed by atoms with Crippen LogP contribution in [0.5, 0.6) is 0 Å². The normalized spacial score (nSPS) is 15.3. The highest BCUT2D eigenvalue weighted by Crippen LogP contribution is 2.20. The summed E-state index contributed by atoms with van der Waals surface area (Å²) in [6, 6.07) is 2.02. The van der Waals surface area contributed by atoms with Gasteiger partial charge in [0.15, 0.2) is 0 Å². The number of carbonyl (C=O) groups excluding carboxylic acids is 1. The summed E-state index contributed by atoms with van der Waals surface area (Å²) in [5, 5.41) is 11.0. The van der Waals surface area contributed by atoms with Crippen LogP contribution in [0.25, 0.3) is 0 Å².